The van der Waals surface area contributed by atoms with Gasteiger partial charge < -0.3 is 0 Å². The molecule has 62 valence electrons. The van der Waals surface area contributed by atoms with Crippen molar-refractivity contribution < 1.29 is 0 Å². The second kappa shape index (κ2) is 2.70. The number of nitrogens with zero attached hydrogens (tertiary/aromatic N) is 2. The van der Waals surface area contributed by atoms with Crippen LogP contribution < -0.4 is 0 Å². The van der Waals surface area contributed by atoms with E-state index in [-0.39, 0.29) is 0 Å². The topological polar surface area (TPSA) is 25.8 Å². The summed E-state index contributed by atoms with van der Waals surface area (Å²) in [6.45, 7) is 5.80. The average Bonchev–Trinajstić information content (AvgIpc) is 2.87. The van der Waals surface area contributed by atoms with Gasteiger partial charge in [-0.2, -0.15) is 0 Å². The van der Waals surface area contributed by atoms with Crippen molar-refractivity contribution in [3.63, 3.8) is 0 Å². The molecule has 2 rings (SSSR count). The molecule has 0 aliphatic heterocycles. The highest BCUT2D eigenvalue weighted by atomic mass is 14.9. The van der Waals surface area contributed by atoms with Gasteiger partial charge in [0.1, 0.15) is 5.82 Å². The van der Waals surface area contributed by atoms with Crippen LogP contribution in [0.4, 0.5) is 0 Å². The first kappa shape index (κ1) is 7.47. The summed E-state index contributed by atoms with van der Waals surface area (Å²) in [6, 6.07) is 0. The molecular weight excluding hydrogens is 148 g/mol. The van der Waals surface area contributed by atoms with Crippen molar-refractivity contribution in [3.05, 3.63) is 30.4 Å². The van der Waals surface area contributed by atoms with Crippen molar-refractivity contribution in [2.45, 2.75) is 25.7 Å². The third-order valence-electron chi connectivity index (χ3n) is 2.11. The van der Waals surface area contributed by atoms with E-state index >= 15 is 0 Å². The van der Waals surface area contributed by atoms with E-state index < -0.39 is 0 Å². The molecule has 0 amide bonds. The molecule has 0 unspecified atom stereocenters. The van der Waals surface area contributed by atoms with Gasteiger partial charge in [0.05, 0.1) is 0 Å². The van der Waals surface area contributed by atoms with Crippen LogP contribution in [0.5, 0.6) is 0 Å². The number of aromatic nitrogens is 2. The Bertz CT molecular complexity index is 296. The zero-order valence-electron chi connectivity index (χ0n) is 7.25. The highest BCUT2D eigenvalue weighted by Gasteiger charge is 2.25. The Hall–Kier alpha value is -1.18. The van der Waals surface area contributed by atoms with Crippen LogP contribution in [0.2, 0.25) is 0 Å². The minimum Gasteiger partial charge on any atom is -0.240 e. The smallest absolute Gasteiger partial charge is 0.131 e. The molecule has 0 radical (unpaired) electrons. The Morgan fingerprint density at radius 2 is 2.00 bits per heavy atom. The second-order valence-electron chi connectivity index (χ2n) is 3.38. The van der Waals surface area contributed by atoms with Gasteiger partial charge in [-0.3, -0.25) is 0 Å². The fraction of sp³-hybridized carbons (Fsp3) is 0.400. The van der Waals surface area contributed by atoms with Gasteiger partial charge in [0.25, 0.3) is 0 Å². The van der Waals surface area contributed by atoms with E-state index in [4.69, 9.17) is 0 Å². The number of hydrogen-bond acceptors (Lipinski definition) is 2. The Balaban J connectivity index is 2.24. The van der Waals surface area contributed by atoms with Crippen molar-refractivity contribution in [1.29, 1.82) is 0 Å². The molecule has 2 heteroatoms. The first-order chi connectivity index (χ1) is 5.77. The van der Waals surface area contributed by atoms with Gasteiger partial charge in [0.2, 0.25) is 0 Å². The van der Waals surface area contributed by atoms with Gasteiger partial charge >= 0.3 is 0 Å². The van der Waals surface area contributed by atoms with E-state index in [0.29, 0.717) is 5.92 Å². The van der Waals surface area contributed by atoms with E-state index in [9.17, 15) is 0 Å². The van der Waals surface area contributed by atoms with E-state index in [1.807, 2.05) is 19.3 Å². The largest absolute Gasteiger partial charge is 0.240 e. The highest BCUT2D eigenvalue weighted by molar-refractivity contribution is 5.59. The molecule has 1 aromatic rings. The molecule has 1 fully saturated rings. The molecule has 0 spiro atoms. The van der Waals surface area contributed by atoms with Crippen LogP contribution in [-0.2, 0) is 0 Å². The fourth-order valence-electron chi connectivity index (χ4n) is 1.11. The molecule has 1 aliphatic rings. The maximum atomic E-state index is 4.29. The zero-order valence-corrected chi connectivity index (χ0v) is 7.25. The Labute approximate surface area is 72.4 Å². The predicted octanol–water partition coefficient (Wildman–Crippen LogP) is 2.39. The lowest BCUT2D eigenvalue weighted by molar-refractivity contribution is 0.923. The lowest BCUT2D eigenvalue weighted by Gasteiger charge is -1.99. The van der Waals surface area contributed by atoms with Crippen LogP contribution in [0.25, 0.3) is 5.57 Å². The molecule has 0 saturated heterocycles. The third-order valence-corrected chi connectivity index (χ3v) is 2.11. The maximum absolute atomic E-state index is 4.29. The zero-order chi connectivity index (χ0) is 8.55. The van der Waals surface area contributed by atoms with E-state index in [1.54, 1.807) is 0 Å². The monoisotopic (exact) mass is 160 g/mol. The molecule has 0 bridgehead atoms. The van der Waals surface area contributed by atoms with Crippen molar-refractivity contribution in [2.75, 3.05) is 0 Å². The van der Waals surface area contributed by atoms with Crippen LogP contribution in [0.3, 0.4) is 0 Å². The SMILES string of the molecule is C=C(C)c1cnc(C2CC2)nc1. The Kier molecular flexibility index (Phi) is 1.68. The molecule has 1 aliphatic carbocycles. The van der Waals surface area contributed by atoms with Gasteiger partial charge in [-0.15, -0.1) is 0 Å². The van der Waals surface area contributed by atoms with Crippen molar-refractivity contribution in [1.82, 2.24) is 9.97 Å². The molecule has 1 saturated carbocycles. The average molecular weight is 160 g/mol. The van der Waals surface area contributed by atoms with Crippen LogP contribution >= 0.6 is 0 Å². The van der Waals surface area contributed by atoms with Gasteiger partial charge in [0.15, 0.2) is 0 Å². The van der Waals surface area contributed by atoms with Crippen molar-refractivity contribution in [2.24, 2.45) is 0 Å². The summed E-state index contributed by atoms with van der Waals surface area (Å²) in [5.74, 6) is 1.64. The molecule has 12 heavy (non-hydrogen) atoms. The van der Waals surface area contributed by atoms with Crippen molar-refractivity contribution in [3.8, 4) is 0 Å². The normalized spacial score (nSPS) is 16.1. The standard InChI is InChI=1S/C10H12N2/c1-7(2)9-5-11-10(12-6-9)8-3-4-8/h5-6,8H,1,3-4H2,2H3. The van der Waals surface area contributed by atoms with Crippen molar-refractivity contribution >= 4 is 5.57 Å². The molecule has 1 heterocycles. The summed E-state index contributed by atoms with van der Waals surface area (Å²) in [7, 11) is 0. The van der Waals surface area contributed by atoms with Crippen LogP contribution in [0.15, 0.2) is 19.0 Å². The number of allylic oxidation sites excluding steroid dienone is 1. The summed E-state index contributed by atoms with van der Waals surface area (Å²) in [6.07, 6.45) is 6.24. The number of rotatable bonds is 2. The molecule has 0 atom stereocenters. The molecule has 1 aromatic heterocycles. The molecule has 0 aromatic carbocycles. The Morgan fingerprint density at radius 1 is 1.42 bits per heavy atom. The van der Waals surface area contributed by atoms with E-state index in [2.05, 4.69) is 16.5 Å². The van der Waals surface area contributed by atoms with Gasteiger partial charge in [0, 0.05) is 23.9 Å². The summed E-state index contributed by atoms with van der Waals surface area (Å²) in [5.41, 5.74) is 2.07. The summed E-state index contributed by atoms with van der Waals surface area (Å²) in [4.78, 5) is 8.58. The first-order valence-electron chi connectivity index (χ1n) is 4.25. The molecule has 0 N–H and O–H groups in total. The molecular formula is C10H12N2. The summed E-state index contributed by atoms with van der Waals surface area (Å²) in [5, 5.41) is 0. The second-order valence-corrected chi connectivity index (χ2v) is 3.38. The lowest BCUT2D eigenvalue weighted by atomic mass is 10.2. The maximum Gasteiger partial charge on any atom is 0.131 e. The van der Waals surface area contributed by atoms with Gasteiger partial charge in [-0.25, -0.2) is 9.97 Å². The van der Waals surface area contributed by atoms with Crippen LogP contribution in [-0.4, -0.2) is 9.97 Å². The predicted molar refractivity (Wildman–Crippen MR) is 48.7 cm³/mol. The van der Waals surface area contributed by atoms with E-state index in [0.717, 1.165) is 17.0 Å². The Morgan fingerprint density at radius 3 is 2.42 bits per heavy atom. The third kappa shape index (κ3) is 1.37. The summed E-state index contributed by atoms with van der Waals surface area (Å²) >= 11 is 0. The highest BCUT2D eigenvalue weighted by Crippen LogP contribution is 2.37. The lowest BCUT2D eigenvalue weighted by Crippen LogP contribution is -1.92. The minimum atomic E-state index is 0.643. The minimum absolute atomic E-state index is 0.643. The quantitative estimate of drug-likeness (QED) is 0.663. The fourth-order valence-corrected chi connectivity index (χ4v) is 1.11. The summed E-state index contributed by atoms with van der Waals surface area (Å²) < 4.78 is 0. The van der Waals surface area contributed by atoms with Crippen LogP contribution in [0.1, 0.15) is 37.1 Å². The number of hydrogen-bond donors (Lipinski definition) is 0. The van der Waals surface area contributed by atoms with Gasteiger partial charge in [-0.05, 0) is 25.3 Å². The van der Waals surface area contributed by atoms with Gasteiger partial charge in [-0.1, -0.05) is 6.58 Å². The van der Waals surface area contributed by atoms with Crippen LogP contribution in [0, 0.1) is 0 Å². The van der Waals surface area contributed by atoms with E-state index in [1.165, 1.54) is 12.8 Å². The first-order valence-corrected chi connectivity index (χ1v) is 4.25. The molecule has 2 nitrogen and oxygen atoms in total.